The summed E-state index contributed by atoms with van der Waals surface area (Å²) in [7, 11) is 1.52. The van der Waals surface area contributed by atoms with Crippen molar-refractivity contribution in [2.45, 2.75) is 0 Å². The second kappa shape index (κ2) is 15.4. The number of aliphatic hydroxyl groups excluding tert-OH is 3. The maximum Gasteiger partial charge on any atom is 0.314 e. The van der Waals surface area contributed by atoms with E-state index in [2.05, 4.69) is 21.3 Å². The van der Waals surface area contributed by atoms with Crippen molar-refractivity contribution in [1.82, 2.24) is 21.3 Å². The minimum Gasteiger partial charge on any atom is -0.395 e. The van der Waals surface area contributed by atoms with Gasteiger partial charge in [0.2, 0.25) is 0 Å². The SMILES string of the molecule is CNC(=O)NCCO.O=C(NCCO)NCCO. The molecule has 0 saturated heterocycles. The number of hydrogen-bond acceptors (Lipinski definition) is 5. The van der Waals surface area contributed by atoms with E-state index in [9.17, 15) is 9.59 Å². The standard InChI is InChI=1S/C5H12N2O3.C4H10N2O2/c8-3-1-6-5(10)7-2-4-9;1-5-4(8)6-2-3-7/h8-9H,1-4H2,(H2,6,7,10);7H,2-3H2,1H3,(H2,5,6,8). The fourth-order valence-corrected chi connectivity index (χ4v) is 0.659. The minimum absolute atomic E-state index is 0.0204. The lowest BCUT2D eigenvalue weighted by atomic mass is 10.6. The van der Waals surface area contributed by atoms with Crippen LogP contribution in [0, 0.1) is 0 Å². The van der Waals surface area contributed by atoms with Crippen LogP contribution in [0.4, 0.5) is 9.59 Å². The lowest BCUT2D eigenvalue weighted by Crippen LogP contribution is -2.38. The van der Waals surface area contributed by atoms with Gasteiger partial charge in [0.25, 0.3) is 0 Å². The maximum atomic E-state index is 10.5. The maximum absolute atomic E-state index is 10.5. The molecule has 9 heteroatoms. The third-order valence-corrected chi connectivity index (χ3v) is 1.42. The fraction of sp³-hybridized carbons (Fsp3) is 0.778. The topological polar surface area (TPSA) is 143 Å². The molecule has 0 spiro atoms. The van der Waals surface area contributed by atoms with Gasteiger partial charge >= 0.3 is 12.1 Å². The monoisotopic (exact) mass is 266 g/mol. The Labute approximate surface area is 106 Å². The zero-order valence-electron chi connectivity index (χ0n) is 10.4. The van der Waals surface area contributed by atoms with Gasteiger partial charge < -0.3 is 36.6 Å². The van der Waals surface area contributed by atoms with E-state index in [1.807, 2.05) is 0 Å². The summed E-state index contributed by atoms with van der Waals surface area (Å²) in [5.74, 6) is 0. The van der Waals surface area contributed by atoms with Gasteiger partial charge in [0.05, 0.1) is 19.8 Å². The Kier molecular flexibility index (Phi) is 16.1. The number of carbonyl (C=O) groups excluding carboxylic acids is 2. The molecule has 0 rings (SSSR count). The number of aliphatic hydroxyl groups is 3. The number of rotatable bonds is 6. The molecule has 0 bridgehead atoms. The van der Waals surface area contributed by atoms with E-state index in [0.717, 1.165) is 0 Å². The second-order valence-electron chi connectivity index (χ2n) is 2.86. The first-order chi connectivity index (χ1) is 8.62. The van der Waals surface area contributed by atoms with Crippen LogP contribution in [0.5, 0.6) is 0 Å². The third-order valence-electron chi connectivity index (χ3n) is 1.42. The summed E-state index contributed by atoms with van der Waals surface area (Å²) in [6.45, 7) is 0.598. The van der Waals surface area contributed by atoms with Crippen LogP contribution in [-0.2, 0) is 0 Å². The van der Waals surface area contributed by atoms with Gasteiger partial charge in [-0.2, -0.15) is 0 Å². The minimum atomic E-state index is -0.372. The summed E-state index contributed by atoms with van der Waals surface area (Å²) < 4.78 is 0. The molecule has 18 heavy (non-hydrogen) atoms. The molecule has 7 N–H and O–H groups in total. The Morgan fingerprint density at radius 1 is 0.778 bits per heavy atom. The van der Waals surface area contributed by atoms with E-state index in [4.69, 9.17) is 15.3 Å². The number of urea groups is 2. The number of carbonyl (C=O) groups is 2. The first-order valence-corrected chi connectivity index (χ1v) is 5.42. The van der Waals surface area contributed by atoms with E-state index in [0.29, 0.717) is 6.54 Å². The van der Waals surface area contributed by atoms with Crippen LogP contribution < -0.4 is 21.3 Å². The van der Waals surface area contributed by atoms with Gasteiger partial charge in [0.1, 0.15) is 0 Å². The van der Waals surface area contributed by atoms with Gasteiger partial charge in [-0.05, 0) is 0 Å². The first kappa shape index (κ1) is 18.8. The average molecular weight is 266 g/mol. The van der Waals surface area contributed by atoms with Crippen molar-refractivity contribution >= 4 is 12.1 Å². The van der Waals surface area contributed by atoms with E-state index < -0.39 is 0 Å². The Hall–Kier alpha value is -1.58. The average Bonchev–Trinajstić information content (AvgIpc) is 2.40. The van der Waals surface area contributed by atoms with Crippen molar-refractivity contribution in [3.8, 4) is 0 Å². The summed E-state index contributed by atoms with van der Waals surface area (Å²) in [6, 6.07) is -0.637. The molecule has 9 nitrogen and oxygen atoms in total. The molecule has 0 saturated carbocycles. The second-order valence-corrected chi connectivity index (χ2v) is 2.86. The molecular weight excluding hydrogens is 244 g/mol. The molecule has 0 heterocycles. The number of hydrogen-bond donors (Lipinski definition) is 7. The molecule has 0 unspecified atom stereocenters. The van der Waals surface area contributed by atoms with Crippen molar-refractivity contribution in [1.29, 1.82) is 0 Å². The van der Waals surface area contributed by atoms with Crippen LogP contribution >= 0.6 is 0 Å². The Morgan fingerprint density at radius 2 is 1.11 bits per heavy atom. The highest BCUT2D eigenvalue weighted by molar-refractivity contribution is 5.73. The van der Waals surface area contributed by atoms with Crippen LogP contribution in [-0.4, -0.2) is 73.9 Å². The summed E-state index contributed by atoms with van der Waals surface area (Å²) in [6.07, 6.45) is 0. The van der Waals surface area contributed by atoms with Gasteiger partial charge in [-0.1, -0.05) is 0 Å². The largest absolute Gasteiger partial charge is 0.395 e. The summed E-state index contributed by atoms with van der Waals surface area (Å²) in [5, 5.41) is 34.1. The molecular formula is C9H22N4O5. The molecule has 0 fully saturated rings. The third kappa shape index (κ3) is 16.8. The summed E-state index contributed by atoms with van der Waals surface area (Å²) in [4.78, 5) is 20.8. The summed E-state index contributed by atoms with van der Waals surface area (Å²) >= 11 is 0. The predicted octanol–water partition coefficient (Wildman–Crippen LogP) is -2.82. The molecule has 0 aliphatic carbocycles. The molecule has 0 aromatic heterocycles. The van der Waals surface area contributed by atoms with Crippen LogP contribution in [0.15, 0.2) is 0 Å². The zero-order chi connectivity index (χ0) is 14.2. The van der Waals surface area contributed by atoms with Crippen molar-refractivity contribution in [2.75, 3.05) is 46.5 Å². The Morgan fingerprint density at radius 3 is 1.39 bits per heavy atom. The van der Waals surface area contributed by atoms with Crippen molar-refractivity contribution in [2.24, 2.45) is 0 Å². The van der Waals surface area contributed by atoms with E-state index in [1.54, 1.807) is 0 Å². The van der Waals surface area contributed by atoms with Gasteiger partial charge in [-0.15, -0.1) is 0 Å². The first-order valence-electron chi connectivity index (χ1n) is 5.42. The molecule has 108 valence electrons. The predicted molar refractivity (Wildman–Crippen MR) is 65.1 cm³/mol. The van der Waals surface area contributed by atoms with Crippen molar-refractivity contribution in [3.05, 3.63) is 0 Å². The number of nitrogens with one attached hydrogen (secondary N) is 4. The van der Waals surface area contributed by atoms with Crippen LogP contribution in [0.2, 0.25) is 0 Å². The fourth-order valence-electron chi connectivity index (χ4n) is 0.659. The van der Waals surface area contributed by atoms with Crippen LogP contribution in [0.1, 0.15) is 0 Å². The van der Waals surface area contributed by atoms with Crippen LogP contribution in [0.3, 0.4) is 0 Å². The molecule has 0 radical (unpaired) electrons. The van der Waals surface area contributed by atoms with Crippen LogP contribution in [0.25, 0.3) is 0 Å². The van der Waals surface area contributed by atoms with E-state index >= 15 is 0 Å². The van der Waals surface area contributed by atoms with E-state index in [-0.39, 0.29) is 45.0 Å². The van der Waals surface area contributed by atoms with E-state index in [1.165, 1.54) is 7.05 Å². The Balaban J connectivity index is 0. The van der Waals surface area contributed by atoms with Crippen molar-refractivity contribution < 1.29 is 24.9 Å². The zero-order valence-corrected chi connectivity index (χ0v) is 10.4. The summed E-state index contributed by atoms with van der Waals surface area (Å²) in [5.41, 5.74) is 0. The van der Waals surface area contributed by atoms with Gasteiger partial charge in [-0.25, -0.2) is 9.59 Å². The molecule has 0 aromatic carbocycles. The highest BCUT2D eigenvalue weighted by Gasteiger charge is 1.94. The smallest absolute Gasteiger partial charge is 0.314 e. The van der Waals surface area contributed by atoms with Gasteiger partial charge in [0.15, 0.2) is 0 Å². The number of amides is 4. The highest BCUT2D eigenvalue weighted by Crippen LogP contribution is 1.62. The molecule has 4 amide bonds. The molecule has 0 aliphatic rings. The lowest BCUT2D eigenvalue weighted by molar-refractivity contribution is 0.228. The normalized spacial score (nSPS) is 8.67. The quantitative estimate of drug-likeness (QED) is 0.277. The van der Waals surface area contributed by atoms with Gasteiger partial charge in [-0.3, -0.25) is 0 Å². The Bertz CT molecular complexity index is 205. The highest BCUT2D eigenvalue weighted by atomic mass is 16.3. The molecule has 0 aromatic rings. The molecule has 0 aliphatic heterocycles. The van der Waals surface area contributed by atoms with Crippen molar-refractivity contribution in [3.63, 3.8) is 0 Å². The molecule has 0 atom stereocenters. The van der Waals surface area contributed by atoms with Gasteiger partial charge in [0, 0.05) is 26.7 Å². The lowest BCUT2D eigenvalue weighted by Gasteiger charge is -2.03.